The predicted molar refractivity (Wildman–Crippen MR) is 63.7 cm³/mol. The monoisotopic (exact) mass is 219 g/mol. The Kier molecular flexibility index (Phi) is 3.57. The molecule has 0 bridgehead atoms. The van der Waals surface area contributed by atoms with Crippen LogP contribution in [0, 0.1) is 0 Å². The first-order valence-electron chi connectivity index (χ1n) is 5.62. The van der Waals surface area contributed by atoms with Gasteiger partial charge in [-0.1, -0.05) is 37.3 Å². The van der Waals surface area contributed by atoms with Crippen LogP contribution in [0.1, 0.15) is 25.0 Å². The van der Waals surface area contributed by atoms with E-state index in [1.165, 1.54) is 0 Å². The van der Waals surface area contributed by atoms with Gasteiger partial charge in [-0.15, -0.1) is 0 Å². The van der Waals surface area contributed by atoms with E-state index in [1.54, 1.807) is 7.11 Å². The van der Waals surface area contributed by atoms with Gasteiger partial charge in [0, 0.05) is 13.5 Å². The van der Waals surface area contributed by atoms with E-state index in [1.807, 2.05) is 18.2 Å². The van der Waals surface area contributed by atoms with E-state index in [4.69, 9.17) is 9.47 Å². The Balaban J connectivity index is 2.16. The van der Waals surface area contributed by atoms with Crippen LogP contribution in [-0.4, -0.2) is 25.7 Å². The van der Waals surface area contributed by atoms with Crippen molar-refractivity contribution >= 4 is 5.90 Å². The first kappa shape index (κ1) is 11.1. The highest BCUT2D eigenvalue weighted by Gasteiger charge is 2.31. The fourth-order valence-electron chi connectivity index (χ4n) is 1.91. The summed E-state index contributed by atoms with van der Waals surface area (Å²) < 4.78 is 11.0. The lowest BCUT2D eigenvalue weighted by atomic mass is 10.0. The largest absolute Gasteiger partial charge is 0.471 e. The van der Waals surface area contributed by atoms with Gasteiger partial charge in [-0.05, 0) is 5.56 Å². The summed E-state index contributed by atoms with van der Waals surface area (Å²) in [7, 11) is 1.70. The summed E-state index contributed by atoms with van der Waals surface area (Å²) in [4.78, 5) is 4.52. The summed E-state index contributed by atoms with van der Waals surface area (Å²) >= 11 is 0. The predicted octanol–water partition coefficient (Wildman–Crippen LogP) is 2.58. The Hall–Kier alpha value is -1.35. The fraction of sp³-hybridized carbons (Fsp3) is 0.462. The van der Waals surface area contributed by atoms with Crippen molar-refractivity contribution in [3.63, 3.8) is 0 Å². The fourth-order valence-corrected chi connectivity index (χ4v) is 1.91. The average molecular weight is 219 g/mol. The molecule has 0 radical (unpaired) electrons. The van der Waals surface area contributed by atoms with Crippen molar-refractivity contribution in [1.82, 2.24) is 0 Å². The molecule has 1 heterocycles. The molecule has 2 atom stereocenters. The zero-order valence-electron chi connectivity index (χ0n) is 9.72. The van der Waals surface area contributed by atoms with Crippen molar-refractivity contribution in [3.05, 3.63) is 35.9 Å². The molecule has 0 amide bonds. The van der Waals surface area contributed by atoms with Crippen LogP contribution in [0.4, 0.5) is 0 Å². The third kappa shape index (κ3) is 2.25. The molecule has 0 saturated carbocycles. The van der Waals surface area contributed by atoms with Gasteiger partial charge in [0.15, 0.2) is 5.90 Å². The smallest absolute Gasteiger partial charge is 0.184 e. The van der Waals surface area contributed by atoms with Crippen molar-refractivity contribution in [2.75, 3.05) is 13.7 Å². The molecular formula is C13H17NO2. The van der Waals surface area contributed by atoms with Crippen LogP contribution >= 0.6 is 0 Å². The summed E-state index contributed by atoms with van der Waals surface area (Å²) in [6.07, 6.45) is 0.847. The van der Waals surface area contributed by atoms with Crippen LogP contribution < -0.4 is 0 Å². The lowest BCUT2D eigenvalue weighted by Gasteiger charge is -2.17. The molecule has 0 fully saturated rings. The van der Waals surface area contributed by atoms with Crippen LogP contribution in [0.3, 0.4) is 0 Å². The van der Waals surface area contributed by atoms with Gasteiger partial charge in [-0.25, -0.2) is 4.99 Å². The van der Waals surface area contributed by atoms with E-state index < -0.39 is 0 Å². The van der Waals surface area contributed by atoms with Gasteiger partial charge in [-0.2, -0.15) is 0 Å². The van der Waals surface area contributed by atoms with Crippen LogP contribution in [0.15, 0.2) is 35.3 Å². The van der Waals surface area contributed by atoms with Crippen molar-refractivity contribution in [1.29, 1.82) is 0 Å². The molecule has 0 aromatic heterocycles. The zero-order chi connectivity index (χ0) is 11.4. The van der Waals surface area contributed by atoms with E-state index in [9.17, 15) is 0 Å². The second kappa shape index (κ2) is 5.12. The maximum atomic E-state index is 5.83. The maximum absolute atomic E-state index is 5.83. The number of rotatable bonds is 4. The van der Waals surface area contributed by atoms with E-state index in [2.05, 4.69) is 24.0 Å². The van der Waals surface area contributed by atoms with E-state index in [0.29, 0.717) is 6.61 Å². The molecule has 1 aliphatic heterocycles. The van der Waals surface area contributed by atoms with Crippen molar-refractivity contribution < 1.29 is 9.47 Å². The minimum Gasteiger partial charge on any atom is -0.471 e. The highest BCUT2D eigenvalue weighted by Crippen LogP contribution is 2.29. The molecule has 16 heavy (non-hydrogen) atoms. The molecule has 3 heteroatoms. The summed E-state index contributed by atoms with van der Waals surface area (Å²) in [6, 6.07) is 10.3. The maximum Gasteiger partial charge on any atom is 0.184 e. The quantitative estimate of drug-likeness (QED) is 0.779. The van der Waals surface area contributed by atoms with Gasteiger partial charge < -0.3 is 9.47 Å². The Morgan fingerprint density at radius 1 is 1.31 bits per heavy atom. The van der Waals surface area contributed by atoms with Crippen molar-refractivity contribution in [2.24, 2.45) is 4.99 Å². The average Bonchev–Trinajstić information content (AvgIpc) is 2.74. The third-order valence-corrected chi connectivity index (χ3v) is 2.69. The number of hydrogen-bond donors (Lipinski definition) is 0. The van der Waals surface area contributed by atoms with E-state index in [-0.39, 0.29) is 12.1 Å². The lowest BCUT2D eigenvalue weighted by Crippen LogP contribution is -2.19. The normalized spacial score (nSPS) is 24.0. The number of methoxy groups -OCH3 is 1. The van der Waals surface area contributed by atoms with E-state index >= 15 is 0 Å². The molecular weight excluding hydrogens is 202 g/mol. The molecule has 0 aliphatic carbocycles. The Labute approximate surface area is 96.1 Å². The van der Waals surface area contributed by atoms with Crippen LogP contribution in [0.2, 0.25) is 0 Å². The molecule has 3 nitrogen and oxygen atoms in total. The summed E-state index contributed by atoms with van der Waals surface area (Å²) in [5.41, 5.74) is 1.16. The minimum atomic E-state index is 0.0103. The van der Waals surface area contributed by atoms with Gasteiger partial charge >= 0.3 is 0 Å². The SMILES string of the molecule is CCC1=N[C@@H](COC)[C@H](c2ccccc2)O1. The number of nitrogens with zero attached hydrogens (tertiary/aromatic N) is 1. The summed E-state index contributed by atoms with van der Waals surface area (Å²) in [6.45, 7) is 2.65. The molecule has 0 N–H and O–H groups in total. The van der Waals surface area contributed by atoms with Gasteiger partial charge in [-0.3, -0.25) is 0 Å². The number of ether oxygens (including phenoxy) is 2. The van der Waals surface area contributed by atoms with Crippen LogP contribution in [0.5, 0.6) is 0 Å². The number of aliphatic imine (C=N–C) groups is 1. The molecule has 1 aliphatic rings. The second-order valence-corrected chi connectivity index (χ2v) is 3.85. The number of hydrogen-bond acceptors (Lipinski definition) is 3. The Morgan fingerprint density at radius 3 is 2.69 bits per heavy atom. The van der Waals surface area contributed by atoms with Crippen molar-refractivity contribution in [3.8, 4) is 0 Å². The lowest BCUT2D eigenvalue weighted by molar-refractivity contribution is 0.119. The standard InChI is InChI=1S/C13H17NO2/c1-3-12-14-11(9-15-2)13(16-12)10-7-5-4-6-8-10/h4-8,11,13H,3,9H2,1-2H3/t11-,13-/m0/s1. The molecule has 2 rings (SSSR count). The molecule has 86 valence electrons. The highest BCUT2D eigenvalue weighted by molar-refractivity contribution is 5.78. The number of benzene rings is 1. The Bertz CT molecular complexity index is 361. The first-order valence-corrected chi connectivity index (χ1v) is 5.62. The van der Waals surface area contributed by atoms with Crippen LogP contribution in [-0.2, 0) is 9.47 Å². The molecule has 1 aromatic carbocycles. The summed E-state index contributed by atoms with van der Waals surface area (Å²) in [5, 5.41) is 0. The van der Waals surface area contributed by atoms with Crippen molar-refractivity contribution in [2.45, 2.75) is 25.5 Å². The van der Waals surface area contributed by atoms with Crippen LogP contribution in [0.25, 0.3) is 0 Å². The minimum absolute atomic E-state index is 0.0103. The topological polar surface area (TPSA) is 30.8 Å². The van der Waals surface area contributed by atoms with Gasteiger partial charge in [0.05, 0.1) is 6.61 Å². The second-order valence-electron chi connectivity index (χ2n) is 3.85. The van der Waals surface area contributed by atoms with Gasteiger partial charge in [0.25, 0.3) is 0 Å². The third-order valence-electron chi connectivity index (χ3n) is 2.69. The Morgan fingerprint density at radius 2 is 2.06 bits per heavy atom. The van der Waals surface area contributed by atoms with E-state index in [0.717, 1.165) is 17.9 Å². The molecule has 1 aromatic rings. The zero-order valence-corrected chi connectivity index (χ0v) is 9.72. The molecule has 0 spiro atoms. The van der Waals surface area contributed by atoms with Gasteiger partial charge in [0.2, 0.25) is 0 Å². The summed E-state index contributed by atoms with van der Waals surface area (Å²) in [5.74, 6) is 0.830. The molecule has 0 unspecified atom stereocenters. The first-order chi connectivity index (χ1) is 7.85. The van der Waals surface area contributed by atoms with Gasteiger partial charge in [0.1, 0.15) is 12.1 Å². The highest BCUT2D eigenvalue weighted by atomic mass is 16.5. The molecule has 0 saturated heterocycles.